The lowest BCUT2D eigenvalue weighted by molar-refractivity contribution is 0.0532. The molecule has 0 atom stereocenters. The second-order valence-electron chi connectivity index (χ2n) is 5.37. The first-order valence-corrected chi connectivity index (χ1v) is 7.54. The van der Waals surface area contributed by atoms with Crippen LogP contribution >= 0.6 is 0 Å². The van der Waals surface area contributed by atoms with Crippen molar-refractivity contribution in [1.29, 1.82) is 5.26 Å². The van der Waals surface area contributed by atoms with E-state index in [1.54, 1.807) is 34.1 Å². The van der Waals surface area contributed by atoms with Crippen LogP contribution in [0.2, 0.25) is 0 Å². The molecular formula is C17H15N5O2. The largest absolute Gasteiger partial charge is 0.335 e. The molecule has 24 heavy (non-hydrogen) atoms. The van der Waals surface area contributed by atoms with E-state index >= 15 is 0 Å². The quantitative estimate of drug-likeness (QED) is 0.821. The monoisotopic (exact) mass is 321 g/mol. The van der Waals surface area contributed by atoms with Crippen molar-refractivity contribution in [3.8, 4) is 6.07 Å². The van der Waals surface area contributed by atoms with Crippen molar-refractivity contribution >= 4 is 11.8 Å². The molecule has 1 saturated heterocycles. The second kappa shape index (κ2) is 6.87. The molecule has 2 aromatic rings. The molecule has 2 amide bonds. The number of aromatic nitrogens is 2. The number of carbonyl (C=O) groups excluding carboxylic acids is 2. The average Bonchev–Trinajstić information content (AvgIpc) is 2.67. The van der Waals surface area contributed by atoms with Crippen LogP contribution in [0.25, 0.3) is 0 Å². The van der Waals surface area contributed by atoms with Gasteiger partial charge in [0.05, 0.1) is 17.8 Å². The van der Waals surface area contributed by atoms with Crippen molar-refractivity contribution < 1.29 is 9.59 Å². The van der Waals surface area contributed by atoms with Gasteiger partial charge in [-0.05, 0) is 18.2 Å². The minimum atomic E-state index is -0.179. The maximum Gasteiger partial charge on any atom is 0.274 e. The van der Waals surface area contributed by atoms with E-state index in [2.05, 4.69) is 9.97 Å². The number of hydrogen-bond acceptors (Lipinski definition) is 5. The number of nitriles is 1. The summed E-state index contributed by atoms with van der Waals surface area (Å²) in [6.45, 7) is 1.78. The first-order valence-electron chi connectivity index (χ1n) is 7.54. The van der Waals surface area contributed by atoms with E-state index in [1.165, 1.54) is 18.6 Å². The Hall–Kier alpha value is -3.27. The molecule has 0 bridgehead atoms. The number of carbonyl (C=O) groups is 2. The summed E-state index contributed by atoms with van der Waals surface area (Å²) < 4.78 is 0. The van der Waals surface area contributed by atoms with Crippen LogP contribution < -0.4 is 0 Å². The van der Waals surface area contributed by atoms with Crippen molar-refractivity contribution in [1.82, 2.24) is 19.8 Å². The zero-order valence-electron chi connectivity index (χ0n) is 12.9. The van der Waals surface area contributed by atoms with Gasteiger partial charge in [-0.15, -0.1) is 0 Å². The Morgan fingerprint density at radius 1 is 1.04 bits per heavy atom. The highest BCUT2D eigenvalue weighted by molar-refractivity contribution is 5.95. The fourth-order valence-electron chi connectivity index (χ4n) is 2.59. The molecule has 1 aromatic carbocycles. The third kappa shape index (κ3) is 3.22. The first-order chi connectivity index (χ1) is 11.7. The zero-order valence-corrected chi connectivity index (χ0v) is 12.9. The van der Waals surface area contributed by atoms with Gasteiger partial charge >= 0.3 is 0 Å². The van der Waals surface area contributed by atoms with Gasteiger partial charge in [-0.2, -0.15) is 5.26 Å². The molecule has 1 aliphatic heterocycles. The Kier molecular flexibility index (Phi) is 4.47. The van der Waals surface area contributed by atoms with Crippen LogP contribution in [-0.2, 0) is 0 Å². The van der Waals surface area contributed by atoms with E-state index < -0.39 is 0 Å². The molecule has 1 fully saturated rings. The molecule has 3 rings (SSSR count). The second-order valence-corrected chi connectivity index (χ2v) is 5.37. The van der Waals surface area contributed by atoms with Gasteiger partial charge in [0.15, 0.2) is 0 Å². The van der Waals surface area contributed by atoms with E-state index in [9.17, 15) is 9.59 Å². The van der Waals surface area contributed by atoms with Crippen LogP contribution in [-0.4, -0.2) is 57.8 Å². The van der Waals surface area contributed by atoms with Gasteiger partial charge in [0.2, 0.25) is 0 Å². The maximum absolute atomic E-state index is 12.5. The van der Waals surface area contributed by atoms with E-state index in [1.807, 2.05) is 6.07 Å². The number of piperazine rings is 1. The van der Waals surface area contributed by atoms with Crippen LogP contribution in [0, 0.1) is 11.3 Å². The van der Waals surface area contributed by atoms with Gasteiger partial charge in [0.1, 0.15) is 5.69 Å². The van der Waals surface area contributed by atoms with Crippen LogP contribution in [0.1, 0.15) is 26.4 Å². The highest BCUT2D eigenvalue weighted by Crippen LogP contribution is 2.12. The first kappa shape index (κ1) is 15.6. The molecule has 0 aliphatic carbocycles. The summed E-state index contributed by atoms with van der Waals surface area (Å²) in [5.41, 5.74) is 1.25. The predicted molar refractivity (Wildman–Crippen MR) is 85.0 cm³/mol. The number of rotatable bonds is 2. The summed E-state index contributed by atoms with van der Waals surface area (Å²) in [6.07, 6.45) is 4.44. The fraction of sp³-hybridized carbons (Fsp3) is 0.235. The van der Waals surface area contributed by atoms with Gasteiger partial charge < -0.3 is 9.80 Å². The van der Waals surface area contributed by atoms with Gasteiger partial charge in [-0.1, -0.05) is 6.07 Å². The van der Waals surface area contributed by atoms with Gasteiger partial charge in [-0.25, -0.2) is 4.98 Å². The molecule has 0 spiro atoms. The summed E-state index contributed by atoms with van der Waals surface area (Å²) in [4.78, 5) is 36.1. The highest BCUT2D eigenvalue weighted by atomic mass is 16.2. The highest BCUT2D eigenvalue weighted by Gasteiger charge is 2.26. The molecule has 0 radical (unpaired) electrons. The summed E-state index contributed by atoms with van der Waals surface area (Å²) in [5.74, 6) is -0.305. The lowest BCUT2D eigenvalue weighted by Gasteiger charge is -2.34. The average molecular weight is 321 g/mol. The Balaban J connectivity index is 1.63. The molecule has 0 N–H and O–H groups in total. The van der Waals surface area contributed by atoms with Crippen molar-refractivity contribution in [2.75, 3.05) is 26.2 Å². The van der Waals surface area contributed by atoms with Crippen LogP contribution in [0.5, 0.6) is 0 Å². The molecule has 1 aromatic heterocycles. The molecule has 0 saturated carbocycles. The van der Waals surface area contributed by atoms with E-state index in [-0.39, 0.29) is 11.8 Å². The Bertz CT molecular complexity index is 792. The summed E-state index contributed by atoms with van der Waals surface area (Å²) in [7, 11) is 0. The number of benzene rings is 1. The third-order valence-electron chi connectivity index (χ3n) is 3.88. The number of nitrogens with zero attached hydrogens (tertiary/aromatic N) is 5. The van der Waals surface area contributed by atoms with Crippen molar-refractivity contribution in [3.63, 3.8) is 0 Å². The lowest BCUT2D eigenvalue weighted by Crippen LogP contribution is -2.50. The van der Waals surface area contributed by atoms with Crippen LogP contribution in [0.15, 0.2) is 42.9 Å². The van der Waals surface area contributed by atoms with Crippen molar-refractivity contribution in [3.05, 3.63) is 59.7 Å². The summed E-state index contributed by atoms with van der Waals surface area (Å²) in [5, 5.41) is 8.93. The third-order valence-corrected chi connectivity index (χ3v) is 3.88. The summed E-state index contributed by atoms with van der Waals surface area (Å²) >= 11 is 0. The Labute approximate surface area is 139 Å². The standard InChI is InChI=1S/C17H15N5O2/c18-11-13-2-1-3-14(10-13)16(23)21-6-8-22(9-7-21)17(24)15-12-19-4-5-20-15/h1-5,10,12H,6-9H2. The Morgan fingerprint density at radius 2 is 1.75 bits per heavy atom. The normalized spacial score (nSPS) is 14.1. The fourth-order valence-corrected chi connectivity index (χ4v) is 2.59. The smallest absolute Gasteiger partial charge is 0.274 e. The molecule has 7 nitrogen and oxygen atoms in total. The van der Waals surface area contributed by atoms with E-state index in [0.717, 1.165) is 0 Å². The van der Waals surface area contributed by atoms with Gasteiger partial charge in [0.25, 0.3) is 11.8 Å². The predicted octanol–water partition coefficient (Wildman–Crippen LogP) is 0.946. The molecule has 0 unspecified atom stereocenters. The van der Waals surface area contributed by atoms with Crippen molar-refractivity contribution in [2.45, 2.75) is 0 Å². The van der Waals surface area contributed by atoms with E-state index in [0.29, 0.717) is 43.0 Å². The molecule has 2 heterocycles. The SMILES string of the molecule is N#Cc1cccc(C(=O)N2CCN(C(=O)c3cnccn3)CC2)c1. The lowest BCUT2D eigenvalue weighted by atomic mass is 10.1. The number of amides is 2. The maximum atomic E-state index is 12.5. The van der Waals surface area contributed by atoms with Crippen molar-refractivity contribution in [2.24, 2.45) is 0 Å². The van der Waals surface area contributed by atoms with Gasteiger partial charge in [0, 0.05) is 44.1 Å². The molecular weight excluding hydrogens is 306 g/mol. The molecule has 1 aliphatic rings. The zero-order chi connectivity index (χ0) is 16.9. The van der Waals surface area contributed by atoms with E-state index in [4.69, 9.17) is 5.26 Å². The summed E-state index contributed by atoms with van der Waals surface area (Å²) in [6, 6.07) is 8.66. The molecule has 120 valence electrons. The Morgan fingerprint density at radius 3 is 2.38 bits per heavy atom. The van der Waals surface area contributed by atoms with Crippen LogP contribution in [0.4, 0.5) is 0 Å². The van der Waals surface area contributed by atoms with Crippen LogP contribution in [0.3, 0.4) is 0 Å². The minimum absolute atomic E-state index is 0.126. The van der Waals surface area contributed by atoms with Gasteiger partial charge in [-0.3, -0.25) is 14.6 Å². The molecule has 7 heteroatoms. The minimum Gasteiger partial charge on any atom is -0.335 e. The topological polar surface area (TPSA) is 90.2 Å². The number of hydrogen-bond donors (Lipinski definition) is 0.